The standard InChI is InChI=1S/C31H45N5O8/c1-4-11-25(38)32-16-9-8-14-23(29(41)44-20(2)18-26(39)34-22-13-7-10-17-33-27(22)40)35-30(42)31(3)19-43-28(36-31)21-12-5-6-15-24(21)37/h5-6,12,15,20,22-23,37H,4,7-11,13-14,16-19H2,1-3H3,(H,32,38)(H,33,40)(H,34,39)(H,35,42). The summed E-state index contributed by atoms with van der Waals surface area (Å²) < 4.78 is 11.2. The van der Waals surface area contributed by atoms with E-state index in [-0.39, 0.29) is 42.9 Å². The Morgan fingerprint density at radius 3 is 2.70 bits per heavy atom. The number of amides is 4. The molecular weight excluding hydrogens is 570 g/mol. The minimum absolute atomic E-state index is 0.0407. The predicted molar refractivity (Wildman–Crippen MR) is 162 cm³/mol. The number of esters is 1. The van der Waals surface area contributed by atoms with Gasteiger partial charge < -0.3 is 35.8 Å². The van der Waals surface area contributed by atoms with Crippen LogP contribution in [0.3, 0.4) is 0 Å². The third kappa shape index (κ3) is 10.2. The number of ether oxygens (including phenoxy) is 2. The van der Waals surface area contributed by atoms with Crippen LogP contribution in [0.2, 0.25) is 0 Å². The minimum Gasteiger partial charge on any atom is -0.507 e. The molecule has 2 aliphatic heterocycles. The second kappa shape index (κ2) is 16.6. The van der Waals surface area contributed by atoms with E-state index in [0.717, 1.165) is 19.3 Å². The summed E-state index contributed by atoms with van der Waals surface area (Å²) in [6, 6.07) is 4.80. The molecule has 0 bridgehead atoms. The molecule has 1 aromatic carbocycles. The second-order valence-electron chi connectivity index (χ2n) is 11.5. The van der Waals surface area contributed by atoms with E-state index < -0.39 is 41.5 Å². The SMILES string of the molecule is CCCC(=O)NCCCCC(NC(=O)C1(C)COC(c2ccccc2O)=N1)C(=O)OC(C)CC(=O)NC1CCCCNC1=O. The lowest BCUT2D eigenvalue weighted by atomic mass is 10.0. The molecule has 2 heterocycles. The molecule has 3 rings (SSSR count). The number of nitrogens with one attached hydrogen (secondary N) is 4. The Bertz CT molecular complexity index is 1220. The smallest absolute Gasteiger partial charge is 0.328 e. The lowest BCUT2D eigenvalue weighted by Crippen LogP contribution is -2.51. The fourth-order valence-corrected chi connectivity index (χ4v) is 4.90. The zero-order chi connectivity index (χ0) is 32.1. The number of hydrogen-bond donors (Lipinski definition) is 5. The van der Waals surface area contributed by atoms with Crippen LogP contribution >= 0.6 is 0 Å². The molecule has 4 atom stereocenters. The van der Waals surface area contributed by atoms with Crippen molar-refractivity contribution in [2.24, 2.45) is 4.99 Å². The Morgan fingerprint density at radius 2 is 1.95 bits per heavy atom. The maximum Gasteiger partial charge on any atom is 0.328 e. The van der Waals surface area contributed by atoms with Crippen LogP contribution in [0.5, 0.6) is 5.75 Å². The van der Waals surface area contributed by atoms with E-state index in [9.17, 15) is 29.1 Å². The van der Waals surface area contributed by atoms with Gasteiger partial charge in [-0.15, -0.1) is 0 Å². The highest BCUT2D eigenvalue weighted by atomic mass is 16.5. The number of aromatic hydroxyl groups is 1. The molecule has 242 valence electrons. The van der Waals surface area contributed by atoms with E-state index in [1.807, 2.05) is 6.92 Å². The molecule has 0 spiro atoms. The number of nitrogens with zero attached hydrogens (tertiary/aromatic N) is 1. The van der Waals surface area contributed by atoms with Gasteiger partial charge in [0.05, 0.1) is 12.0 Å². The van der Waals surface area contributed by atoms with Crippen LogP contribution < -0.4 is 21.3 Å². The molecule has 44 heavy (non-hydrogen) atoms. The van der Waals surface area contributed by atoms with Crippen LogP contribution in [0.15, 0.2) is 29.3 Å². The van der Waals surface area contributed by atoms with Crippen LogP contribution in [-0.2, 0) is 33.4 Å². The molecule has 0 aromatic heterocycles. The minimum atomic E-state index is -1.37. The van der Waals surface area contributed by atoms with E-state index in [0.29, 0.717) is 44.3 Å². The molecule has 13 heteroatoms. The van der Waals surface area contributed by atoms with Crippen molar-refractivity contribution in [3.05, 3.63) is 29.8 Å². The average molecular weight is 616 g/mol. The topological polar surface area (TPSA) is 185 Å². The Kier molecular flexibility index (Phi) is 13.0. The van der Waals surface area contributed by atoms with Crippen molar-refractivity contribution in [2.45, 2.75) is 102 Å². The molecule has 4 unspecified atom stereocenters. The summed E-state index contributed by atoms with van der Waals surface area (Å²) >= 11 is 0. The summed E-state index contributed by atoms with van der Waals surface area (Å²) in [7, 11) is 0. The van der Waals surface area contributed by atoms with Crippen LogP contribution in [0, 0.1) is 0 Å². The first-order valence-electron chi connectivity index (χ1n) is 15.4. The number of phenolic OH excluding ortho intramolecular Hbond substituents is 1. The fourth-order valence-electron chi connectivity index (χ4n) is 4.90. The van der Waals surface area contributed by atoms with E-state index in [4.69, 9.17) is 9.47 Å². The van der Waals surface area contributed by atoms with Crippen molar-refractivity contribution in [2.75, 3.05) is 19.7 Å². The summed E-state index contributed by atoms with van der Waals surface area (Å²) in [6.45, 7) is 5.96. The first-order valence-corrected chi connectivity index (χ1v) is 15.4. The summed E-state index contributed by atoms with van der Waals surface area (Å²) in [5.41, 5.74) is -1.02. The van der Waals surface area contributed by atoms with Crippen LogP contribution in [0.1, 0.15) is 84.1 Å². The maximum atomic E-state index is 13.4. The van der Waals surface area contributed by atoms with Crippen LogP contribution in [-0.4, -0.2) is 84.0 Å². The molecular formula is C31H45N5O8. The monoisotopic (exact) mass is 615 g/mol. The quantitative estimate of drug-likeness (QED) is 0.146. The Balaban J connectivity index is 1.62. The third-order valence-electron chi connectivity index (χ3n) is 7.43. The lowest BCUT2D eigenvalue weighted by Gasteiger charge is -2.24. The molecule has 4 amide bonds. The van der Waals surface area contributed by atoms with Gasteiger partial charge in [-0.05, 0) is 70.9 Å². The molecule has 2 aliphatic rings. The maximum absolute atomic E-state index is 13.4. The van der Waals surface area contributed by atoms with E-state index in [1.165, 1.54) is 6.07 Å². The number of phenols is 1. The molecule has 5 N–H and O–H groups in total. The predicted octanol–water partition coefficient (Wildman–Crippen LogP) is 1.61. The highest BCUT2D eigenvalue weighted by molar-refractivity contribution is 6.02. The summed E-state index contributed by atoms with van der Waals surface area (Å²) in [5, 5.41) is 21.2. The van der Waals surface area contributed by atoms with Crippen molar-refractivity contribution in [3.63, 3.8) is 0 Å². The number of aliphatic imine (C=N–C) groups is 1. The number of para-hydroxylation sites is 1. The molecule has 0 saturated carbocycles. The number of unbranched alkanes of at least 4 members (excludes halogenated alkanes) is 1. The average Bonchev–Trinajstić information content (AvgIpc) is 3.27. The third-order valence-corrected chi connectivity index (χ3v) is 7.43. The van der Waals surface area contributed by atoms with Crippen LogP contribution in [0.25, 0.3) is 0 Å². The second-order valence-corrected chi connectivity index (χ2v) is 11.5. The largest absolute Gasteiger partial charge is 0.507 e. The van der Waals surface area contributed by atoms with Gasteiger partial charge in [-0.2, -0.15) is 0 Å². The van der Waals surface area contributed by atoms with Gasteiger partial charge in [0.2, 0.25) is 23.6 Å². The molecule has 13 nitrogen and oxygen atoms in total. The van der Waals surface area contributed by atoms with Crippen molar-refractivity contribution in [1.82, 2.24) is 21.3 Å². The van der Waals surface area contributed by atoms with E-state index in [1.54, 1.807) is 32.0 Å². The summed E-state index contributed by atoms with van der Waals surface area (Å²) in [5.74, 6) is -1.90. The molecule has 1 saturated heterocycles. The first kappa shape index (κ1) is 34.3. The normalized spacial score (nSPS) is 21.0. The number of hydrogen-bond acceptors (Lipinski definition) is 9. The van der Waals surface area contributed by atoms with Gasteiger partial charge >= 0.3 is 5.97 Å². The highest BCUT2D eigenvalue weighted by Gasteiger charge is 2.42. The van der Waals surface area contributed by atoms with Crippen LogP contribution in [0.4, 0.5) is 0 Å². The zero-order valence-corrected chi connectivity index (χ0v) is 25.8. The van der Waals surface area contributed by atoms with Gasteiger partial charge in [0.25, 0.3) is 5.91 Å². The van der Waals surface area contributed by atoms with Gasteiger partial charge in [0.15, 0.2) is 5.54 Å². The molecule has 1 fully saturated rings. The first-order chi connectivity index (χ1) is 21.0. The van der Waals surface area contributed by atoms with Crippen molar-refractivity contribution in [3.8, 4) is 5.75 Å². The van der Waals surface area contributed by atoms with E-state index >= 15 is 0 Å². The fraction of sp³-hybridized carbons (Fsp3) is 0.613. The molecule has 0 radical (unpaired) electrons. The van der Waals surface area contributed by atoms with Crippen molar-refractivity contribution < 1.29 is 38.6 Å². The number of rotatable bonds is 15. The molecule has 1 aromatic rings. The van der Waals surface area contributed by atoms with Gasteiger partial charge in [-0.25, -0.2) is 9.79 Å². The van der Waals surface area contributed by atoms with Gasteiger partial charge in [0, 0.05) is 19.5 Å². The summed E-state index contributed by atoms with van der Waals surface area (Å²) in [6.07, 6.45) is 3.69. The Hall–Kier alpha value is -4.16. The summed E-state index contributed by atoms with van der Waals surface area (Å²) in [4.78, 5) is 67.6. The number of benzene rings is 1. The van der Waals surface area contributed by atoms with Gasteiger partial charge in [-0.3, -0.25) is 19.2 Å². The van der Waals surface area contributed by atoms with Crippen molar-refractivity contribution in [1.29, 1.82) is 0 Å². The number of carbonyl (C=O) groups excluding carboxylic acids is 5. The number of carbonyl (C=O) groups is 5. The molecule has 0 aliphatic carbocycles. The van der Waals surface area contributed by atoms with E-state index in [2.05, 4.69) is 26.3 Å². The Labute approximate surface area is 257 Å². The Morgan fingerprint density at radius 1 is 1.18 bits per heavy atom. The zero-order valence-electron chi connectivity index (χ0n) is 25.8. The lowest BCUT2D eigenvalue weighted by molar-refractivity contribution is -0.154. The van der Waals surface area contributed by atoms with Crippen molar-refractivity contribution >= 4 is 35.5 Å². The highest BCUT2D eigenvalue weighted by Crippen LogP contribution is 2.26. The van der Waals surface area contributed by atoms with Gasteiger partial charge in [0.1, 0.15) is 30.5 Å². The van der Waals surface area contributed by atoms with Gasteiger partial charge in [-0.1, -0.05) is 19.1 Å².